The van der Waals surface area contributed by atoms with Crippen LogP contribution in [0, 0.1) is 0 Å². The van der Waals surface area contributed by atoms with Gasteiger partial charge in [-0.1, -0.05) is 24.3 Å². The highest BCUT2D eigenvalue weighted by Crippen LogP contribution is 2.34. The Balaban J connectivity index is 2.07. The van der Waals surface area contributed by atoms with Crippen LogP contribution >= 0.6 is 0 Å². The van der Waals surface area contributed by atoms with E-state index in [1.807, 2.05) is 18.2 Å². The number of nitrogens with two attached hydrogens (primary N) is 1. The second-order valence-electron chi connectivity index (χ2n) is 4.71. The normalized spacial score (nSPS) is 16.8. The number of fused-ring (bicyclic) bond motifs is 1. The second-order valence-corrected chi connectivity index (χ2v) is 4.71. The van der Waals surface area contributed by atoms with Crippen molar-refractivity contribution in [2.75, 3.05) is 20.1 Å². The predicted octanol–water partition coefficient (Wildman–Crippen LogP) is 0.207. The summed E-state index contributed by atoms with van der Waals surface area (Å²) in [4.78, 5) is 25.2. The van der Waals surface area contributed by atoms with E-state index in [1.165, 1.54) is 10.5 Å². The van der Waals surface area contributed by atoms with E-state index in [4.69, 9.17) is 5.73 Å². The Bertz CT molecular complexity index is 487. The van der Waals surface area contributed by atoms with Crippen LogP contribution in [-0.4, -0.2) is 36.9 Å². The van der Waals surface area contributed by atoms with Gasteiger partial charge in [-0.25, -0.2) is 0 Å². The molecule has 2 amide bonds. The summed E-state index contributed by atoms with van der Waals surface area (Å²) in [5.74, 6) is -1.09. The molecular formula is C14H19N3O2. The molecule has 2 rings (SSSR count). The van der Waals surface area contributed by atoms with Crippen molar-refractivity contribution in [3.8, 4) is 0 Å². The number of hydrogen-bond donors (Lipinski definition) is 2. The number of amides is 2. The average Bonchev–Trinajstić information content (AvgIpc) is 2.87. The molecular weight excluding hydrogens is 242 g/mol. The van der Waals surface area contributed by atoms with Crippen molar-refractivity contribution in [1.82, 2.24) is 10.2 Å². The van der Waals surface area contributed by atoms with Crippen LogP contribution in [0.3, 0.4) is 0 Å². The predicted molar refractivity (Wildman–Crippen MR) is 72.3 cm³/mol. The molecule has 0 bridgehead atoms. The van der Waals surface area contributed by atoms with E-state index in [2.05, 4.69) is 11.4 Å². The third-order valence-electron chi connectivity index (χ3n) is 3.51. The zero-order chi connectivity index (χ0) is 13.8. The van der Waals surface area contributed by atoms with Gasteiger partial charge in [0.05, 0.1) is 6.04 Å². The molecule has 0 aliphatic heterocycles. The van der Waals surface area contributed by atoms with Gasteiger partial charge >= 0.3 is 11.8 Å². The molecule has 0 heterocycles. The minimum atomic E-state index is -0.586. The lowest BCUT2D eigenvalue weighted by Crippen LogP contribution is -2.43. The molecule has 19 heavy (non-hydrogen) atoms. The molecule has 0 saturated carbocycles. The molecule has 1 unspecified atom stereocenters. The second kappa shape index (κ2) is 5.84. The molecule has 102 valence electrons. The Hall–Kier alpha value is -1.88. The molecule has 5 heteroatoms. The summed E-state index contributed by atoms with van der Waals surface area (Å²) < 4.78 is 0. The third-order valence-corrected chi connectivity index (χ3v) is 3.51. The van der Waals surface area contributed by atoms with Crippen molar-refractivity contribution >= 4 is 11.8 Å². The lowest BCUT2D eigenvalue weighted by molar-refractivity contribution is -0.146. The van der Waals surface area contributed by atoms with Gasteiger partial charge in [-0.2, -0.15) is 0 Å². The maximum absolute atomic E-state index is 12.0. The number of nitrogens with one attached hydrogen (secondary N) is 1. The summed E-state index contributed by atoms with van der Waals surface area (Å²) in [5, 5.41) is 2.51. The van der Waals surface area contributed by atoms with Crippen LogP contribution < -0.4 is 11.1 Å². The van der Waals surface area contributed by atoms with E-state index in [0.717, 1.165) is 18.4 Å². The Labute approximate surface area is 112 Å². The number of aryl methyl sites for hydroxylation is 1. The SMILES string of the molecule is CN(C(=O)C(=O)NCCN)C1CCc2ccccc21. The van der Waals surface area contributed by atoms with Crippen LogP contribution in [0.1, 0.15) is 23.6 Å². The molecule has 1 atom stereocenters. The Morgan fingerprint density at radius 1 is 1.42 bits per heavy atom. The summed E-state index contributed by atoms with van der Waals surface area (Å²) >= 11 is 0. The van der Waals surface area contributed by atoms with Gasteiger partial charge in [0.2, 0.25) is 0 Å². The lowest BCUT2D eigenvalue weighted by atomic mass is 10.1. The van der Waals surface area contributed by atoms with Crippen molar-refractivity contribution in [2.24, 2.45) is 5.73 Å². The first-order chi connectivity index (χ1) is 9.15. The molecule has 0 fully saturated rings. The molecule has 1 aromatic carbocycles. The minimum absolute atomic E-state index is 0.00711. The van der Waals surface area contributed by atoms with Crippen molar-refractivity contribution in [3.05, 3.63) is 35.4 Å². The molecule has 0 saturated heterocycles. The first kappa shape index (κ1) is 13.5. The molecule has 1 aliphatic carbocycles. The van der Waals surface area contributed by atoms with Gasteiger partial charge in [0, 0.05) is 20.1 Å². The number of carbonyl (C=O) groups is 2. The highest BCUT2D eigenvalue weighted by atomic mass is 16.2. The molecule has 3 N–H and O–H groups in total. The van der Waals surface area contributed by atoms with E-state index in [9.17, 15) is 9.59 Å². The Kier molecular flexibility index (Phi) is 4.16. The summed E-state index contributed by atoms with van der Waals surface area (Å²) in [7, 11) is 1.68. The first-order valence-corrected chi connectivity index (χ1v) is 6.48. The summed E-state index contributed by atoms with van der Waals surface area (Å²) in [6, 6.07) is 8.05. The van der Waals surface area contributed by atoms with Gasteiger partial charge < -0.3 is 16.0 Å². The fourth-order valence-electron chi connectivity index (χ4n) is 2.50. The van der Waals surface area contributed by atoms with Crippen LogP contribution in [-0.2, 0) is 16.0 Å². The first-order valence-electron chi connectivity index (χ1n) is 6.48. The third kappa shape index (κ3) is 2.76. The standard InChI is InChI=1S/C14H19N3O2/c1-17(14(19)13(18)16-9-8-15)12-7-6-10-4-2-3-5-11(10)12/h2-5,12H,6-9,15H2,1H3,(H,16,18). The van der Waals surface area contributed by atoms with Gasteiger partial charge in [-0.05, 0) is 24.0 Å². The molecule has 1 aromatic rings. The minimum Gasteiger partial charge on any atom is -0.347 e. The van der Waals surface area contributed by atoms with Crippen molar-refractivity contribution in [2.45, 2.75) is 18.9 Å². The van der Waals surface area contributed by atoms with E-state index < -0.39 is 11.8 Å². The number of likely N-dealkylation sites (N-methyl/N-ethyl adjacent to an activating group) is 1. The lowest BCUT2D eigenvalue weighted by Gasteiger charge is -2.24. The number of nitrogens with zero attached hydrogens (tertiary/aromatic N) is 1. The van der Waals surface area contributed by atoms with Crippen LogP contribution in [0.2, 0.25) is 0 Å². The molecule has 0 radical (unpaired) electrons. The number of benzene rings is 1. The zero-order valence-corrected chi connectivity index (χ0v) is 11.1. The smallest absolute Gasteiger partial charge is 0.312 e. The van der Waals surface area contributed by atoms with Crippen LogP contribution in [0.4, 0.5) is 0 Å². The maximum atomic E-state index is 12.0. The van der Waals surface area contributed by atoms with Gasteiger partial charge in [0.1, 0.15) is 0 Å². The van der Waals surface area contributed by atoms with Crippen LogP contribution in [0.15, 0.2) is 24.3 Å². The molecule has 1 aliphatic rings. The van der Waals surface area contributed by atoms with Crippen LogP contribution in [0.5, 0.6) is 0 Å². The average molecular weight is 261 g/mol. The molecule has 5 nitrogen and oxygen atoms in total. The highest BCUT2D eigenvalue weighted by molar-refractivity contribution is 6.35. The van der Waals surface area contributed by atoms with Gasteiger partial charge in [-0.15, -0.1) is 0 Å². The number of hydrogen-bond acceptors (Lipinski definition) is 3. The Morgan fingerprint density at radius 2 is 2.16 bits per heavy atom. The van der Waals surface area contributed by atoms with Crippen molar-refractivity contribution < 1.29 is 9.59 Å². The highest BCUT2D eigenvalue weighted by Gasteiger charge is 2.30. The zero-order valence-electron chi connectivity index (χ0n) is 11.1. The monoisotopic (exact) mass is 261 g/mol. The summed E-state index contributed by atoms with van der Waals surface area (Å²) in [6.45, 7) is 0.647. The fourth-order valence-corrected chi connectivity index (χ4v) is 2.50. The number of rotatable bonds is 3. The quantitative estimate of drug-likeness (QED) is 0.764. The van der Waals surface area contributed by atoms with Crippen molar-refractivity contribution in [3.63, 3.8) is 0 Å². The van der Waals surface area contributed by atoms with Gasteiger partial charge in [0.15, 0.2) is 0 Å². The van der Waals surface area contributed by atoms with Gasteiger partial charge in [0.25, 0.3) is 0 Å². The fraction of sp³-hybridized carbons (Fsp3) is 0.429. The van der Waals surface area contributed by atoms with Crippen LogP contribution in [0.25, 0.3) is 0 Å². The molecule has 0 aromatic heterocycles. The summed E-state index contributed by atoms with van der Waals surface area (Å²) in [5.41, 5.74) is 7.70. The van der Waals surface area contributed by atoms with E-state index in [1.54, 1.807) is 7.05 Å². The van der Waals surface area contributed by atoms with Crippen molar-refractivity contribution in [1.29, 1.82) is 0 Å². The van der Waals surface area contributed by atoms with E-state index in [-0.39, 0.29) is 6.04 Å². The Morgan fingerprint density at radius 3 is 2.89 bits per heavy atom. The molecule has 0 spiro atoms. The topological polar surface area (TPSA) is 75.4 Å². The van der Waals surface area contributed by atoms with E-state index >= 15 is 0 Å². The summed E-state index contributed by atoms with van der Waals surface area (Å²) in [6.07, 6.45) is 1.81. The number of carbonyl (C=O) groups excluding carboxylic acids is 2. The van der Waals surface area contributed by atoms with E-state index in [0.29, 0.717) is 13.1 Å². The largest absolute Gasteiger partial charge is 0.347 e. The maximum Gasteiger partial charge on any atom is 0.312 e. The van der Waals surface area contributed by atoms with Gasteiger partial charge in [-0.3, -0.25) is 9.59 Å².